The minimum atomic E-state index is -0.808. The Morgan fingerprint density at radius 3 is 2.47 bits per heavy atom. The average molecular weight is 265 g/mol. The minimum absolute atomic E-state index is 0.0257. The van der Waals surface area contributed by atoms with Gasteiger partial charge in [0.15, 0.2) is 0 Å². The van der Waals surface area contributed by atoms with E-state index in [2.05, 4.69) is 13.8 Å². The summed E-state index contributed by atoms with van der Waals surface area (Å²) in [6.07, 6.45) is 0.903. The molecule has 1 rings (SSSR count). The molecule has 0 saturated carbocycles. The lowest BCUT2D eigenvalue weighted by atomic mass is 10.0. The maximum absolute atomic E-state index is 11.1. The molecule has 4 heteroatoms. The maximum atomic E-state index is 11.1. The quantitative estimate of drug-likeness (QED) is 0.785. The maximum Gasteiger partial charge on any atom is 0.317 e. The van der Waals surface area contributed by atoms with E-state index in [4.69, 9.17) is 9.84 Å². The van der Waals surface area contributed by atoms with Gasteiger partial charge < -0.3 is 9.84 Å². The van der Waals surface area contributed by atoms with E-state index in [1.807, 2.05) is 35.2 Å². The lowest BCUT2D eigenvalue weighted by Gasteiger charge is -2.34. The van der Waals surface area contributed by atoms with Gasteiger partial charge in [0, 0.05) is 13.2 Å². The van der Waals surface area contributed by atoms with Crippen molar-refractivity contribution < 1.29 is 14.6 Å². The van der Waals surface area contributed by atoms with Crippen LogP contribution in [0.15, 0.2) is 30.3 Å². The van der Waals surface area contributed by atoms with Crippen LogP contribution in [0.4, 0.5) is 0 Å². The molecule has 0 spiro atoms. The first kappa shape index (κ1) is 15.7. The smallest absolute Gasteiger partial charge is 0.317 e. The molecule has 2 unspecified atom stereocenters. The van der Waals surface area contributed by atoms with E-state index in [0.717, 1.165) is 12.0 Å². The Morgan fingerprint density at radius 2 is 2.00 bits per heavy atom. The number of hydrogen-bond acceptors (Lipinski definition) is 3. The molecule has 106 valence electrons. The standard InChI is InChI=1S/C15H23NO3/c1-4-12(2)16(10-15(17)18)14(11-19-3)13-8-6-5-7-9-13/h5-9,12,14H,4,10-11H2,1-3H3,(H,17,18). The van der Waals surface area contributed by atoms with Gasteiger partial charge in [-0.2, -0.15) is 0 Å². The summed E-state index contributed by atoms with van der Waals surface area (Å²) < 4.78 is 5.28. The van der Waals surface area contributed by atoms with Crippen molar-refractivity contribution in [3.8, 4) is 0 Å². The number of aliphatic carboxylic acids is 1. The number of methoxy groups -OCH3 is 1. The third-order valence-corrected chi connectivity index (χ3v) is 3.38. The molecule has 0 saturated heterocycles. The van der Waals surface area contributed by atoms with Gasteiger partial charge in [-0.05, 0) is 18.9 Å². The lowest BCUT2D eigenvalue weighted by Crippen LogP contribution is -2.41. The molecule has 0 bridgehead atoms. The largest absolute Gasteiger partial charge is 0.480 e. The Hall–Kier alpha value is -1.39. The predicted octanol–water partition coefficient (Wildman–Crippen LogP) is 2.56. The normalized spacial score (nSPS) is 14.3. The van der Waals surface area contributed by atoms with Crippen molar-refractivity contribution in [2.45, 2.75) is 32.4 Å². The topological polar surface area (TPSA) is 49.8 Å². The average Bonchev–Trinajstić information content (AvgIpc) is 2.42. The van der Waals surface area contributed by atoms with Crippen molar-refractivity contribution >= 4 is 5.97 Å². The van der Waals surface area contributed by atoms with Crippen LogP contribution in [0.1, 0.15) is 31.9 Å². The van der Waals surface area contributed by atoms with Crippen LogP contribution in [-0.4, -0.2) is 42.3 Å². The zero-order valence-electron chi connectivity index (χ0n) is 11.9. The van der Waals surface area contributed by atoms with E-state index in [-0.39, 0.29) is 18.6 Å². The number of benzene rings is 1. The third kappa shape index (κ3) is 4.65. The number of carboxylic acids is 1. The molecule has 1 N–H and O–H groups in total. The van der Waals surface area contributed by atoms with Gasteiger partial charge in [-0.1, -0.05) is 37.3 Å². The highest BCUT2D eigenvalue weighted by atomic mass is 16.5. The Labute approximate surface area is 115 Å². The highest BCUT2D eigenvalue weighted by Gasteiger charge is 2.26. The molecule has 0 amide bonds. The van der Waals surface area contributed by atoms with Crippen molar-refractivity contribution in [1.29, 1.82) is 0 Å². The molecule has 1 aromatic carbocycles. The van der Waals surface area contributed by atoms with Crippen LogP contribution >= 0.6 is 0 Å². The summed E-state index contributed by atoms with van der Waals surface area (Å²) in [5.41, 5.74) is 1.09. The number of nitrogens with zero attached hydrogens (tertiary/aromatic N) is 1. The van der Waals surface area contributed by atoms with Crippen LogP contribution < -0.4 is 0 Å². The van der Waals surface area contributed by atoms with Crippen LogP contribution in [-0.2, 0) is 9.53 Å². The summed E-state index contributed by atoms with van der Waals surface area (Å²) in [7, 11) is 1.64. The molecule has 0 aliphatic heterocycles. The van der Waals surface area contributed by atoms with Gasteiger partial charge in [0.25, 0.3) is 0 Å². The molecule has 4 nitrogen and oxygen atoms in total. The second-order valence-electron chi connectivity index (χ2n) is 4.71. The second-order valence-corrected chi connectivity index (χ2v) is 4.71. The zero-order valence-corrected chi connectivity index (χ0v) is 11.9. The first-order chi connectivity index (χ1) is 9.10. The molecule has 2 atom stereocenters. The number of carbonyl (C=O) groups is 1. The minimum Gasteiger partial charge on any atom is -0.480 e. The van der Waals surface area contributed by atoms with Gasteiger partial charge in [0.1, 0.15) is 0 Å². The molecular weight excluding hydrogens is 242 g/mol. The summed E-state index contributed by atoms with van der Waals surface area (Å²) in [5.74, 6) is -0.808. The van der Waals surface area contributed by atoms with Crippen molar-refractivity contribution in [1.82, 2.24) is 4.90 Å². The Bertz CT molecular complexity index is 380. The summed E-state index contributed by atoms with van der Waals surface area (Å²) in [5, 5.41) is 9.11. The van der Waals surface area contributed by atoms with Gasteiger partial charge in [-0.15, -0.1) is 0 Å². The predicted molar refractivity (Wildman–Crippen MR) is 75.2 cm³/mol. The van der Waals surface area contributed by atoms with Crippen LogP contribution in [0.3, 0.4) is 0 Å². The van der Waals surface area contributed by atoms with Crippen molar-refractivity contribution in [3.05, 3.63) is 35.9 Å². The summed E-state index contributed by atoms with van der Waals surface area (Å²) >= 11 is 0. The van der Waals surface area contributed by atoms with E-state index in [0.29, 0.717) is 6.61 Å². The fourth-order valence-electron chi connectivity index (χ4n) is 2.18. The summed E-state index contributed by atoms with van der Waals surface area (Å²) in [6.45, 7) is 4.63. The van der Waals surface area contributed by atoms with Crippen LogP contribution in [0.25, 0.3) is 0 Å². The zero-order chi connectivity index (χ0) is 14.3. The Morgan fingerprint density at radius 1 is 1.37 bits per heavy atom. The molecule has 0 fully saturated rings. The monoisotopic (exact) mass is 265 g/mol. The van der Waals surface area contributed by atoms with Crippen molar-refractivity contribution in [2.75, 3.05) is 20.3 Å². The molecular formula is C15H23NO3. The summed E-state index contributed by atoms with van der Waals surface area (Å²) in [6, 6.07) is 10.1. The van der Waals surface area contributed by atoms with Gasteiger partial charge in [-0.25, -0.2) is 0 Å². The van der Waals surface area contributed by atoms with Crippen LogP contribution in [0, 0.1) is 0 Å². The molecule has 0 radical (unpaired) electrons. The number of ether oxygens (including phenoxy) is 1. The highest BCUT2D eigenvalue weighted by molar-refractivity contribution is 5.69. The molecule has 1 aromatic rings. The molecule has 0 aliphatic rings. The summed E-state index contributed by atoms with van der Waals surface area (Å²) in [4.78, 5) is 13.1. The third-order valence-electron chi connectivity index (χ3n) is 3.38. The molecule has 0 aromatic heterocycles. The lowest BCUT2D eigenvalue weighted by molar-refractivity contribution is -0.140. The van der Waals surface area contributed by atoms with E-state index >= 15 is 0 Å². The first-order valence-corrected chi connectivity index (χ1v) is 6.61. The first-order valence-electron chi connectivity index (χ1n) is 6.61. The number of rotatable bonds is 8. The van der Waals surface area contributed by atoms with E-state index in [1.165, 1.54) is 0 Å². The Balaban J connectivity index is 3.00. The SMILES string of the molecule is CCC(C)N(CC(=O)O)C(COC)c1ccccc1. The van der Waals surface area contributed by atoms with E-state index in [1.54, 1.807) is 7.11 Å². The van der Waals surface area contributed by atoms with Gasteiger partial charge >= 0.3 is 5.97 Å². The number of hydrogen-bond donors (Lipinski definition) is 1. The molecule has 0 heterocycles. The molecule has 0 aliphatic carbocycles. The molecule has 19 heavy (non-hydrogen) atoms. The number of carboxylic acid groups (broad SMARTS) is 1. The van der Waals surface area contributed by atoms with Crippen LogP contribution in [0.5, 0.6) is 0 Å². The second kappa shape index (κ2) is 7.92. The van der Waals surface area contributed by atoms with Crippen molar-refractivity contribution in [3.63, 3.8) is 0 Å². The van der Waals surface area contributed by atoms with E-state index in [9.17, 15) is 4.79 Å². The van der Waals surface area contributed by atoms with Crippen molar-refractivity contribution in [2.24, 2.45) is 0 Å². The van der Waals surface area contributed by atoms with Gasteiger partial charge in [0.05, 0.1) is 19.2 Å². The Kier molecular flexibility index (Phi) is 6.53. The fraction of sp³-hybridized carbons (Fsp3) is 0.533. The van der Waals surface area contributed by atoms with E-state index < -0.39 is 5.97 Å². The van der Waals surface area contributed by atoms with Crippen LogP contribution in [0.2, 0.25) is 0 Å². The van der Waals surface area contributed by atoms with Gasteiger partial charge in [-0.3, -0.25) is 9.69 Å². The highest BCUT2D eigenvalue weighted by Crippen LogP contribution is 2.24. The van der Waals surface area contributed by atoms with Gasteiger partial charge in [0.2, 0.25) is 0 Å². The fourth-order valence-corrected chi connectivity index (χ4v) is 2.18.